The van der Waals surface area contributed by atoms with Crippen molar-refractivity contribution in [2.24, 2.45) is 11.7 Å². The number of hydrogen-bond acceptors (Lipinski definition) is 3. The predicted molar refractivity (Wildman–Crippen MR) is 53.8 cm³/mol. The van der Waals surface area contributed by atoms with Gasteiger partial charge in [0.15, 0.2) is 0 Å². The van der Waals surface area contributed by atoms with Crippen molar-refractivity contribution in [1.82, 2.24) is 10.2 Å². The van der Waals surface area contributed by atoms with Gasteiger partial charge in [0.1, 0.15) is 0 Å². The zero-order valence-corrected chi connectivity index (χ0v) is 8.41. The normalized spacial score (nSPS) is 22.5. The van der Waals surface area contributed by atoms with Crippen LogP contribution in [0.2, 0.25) is 0 Å². The van der Waals surface area contributed by atoms with Crippen molar-refractivity contribution in [2.75, 3.05) is 32.8 Å². The van der Waals surface area contributed by atoms with Gasteiger partial charge in [0.2, 0.25) is 0 Å². The second kappa shape index (κ2) is 5.82. The zero-order valence-electron chi connectivity index (χ0n) is 8.41. The fourth-order valence-corrected chi connectivity index (χ4v) is 1.78. The van der Waals surface area contributed by atoms with E-state index in [9.17, 15) is 4.79 Å². The second-order valence-electron chi connectivity index (χ2n) is 3.78. The molecule has 5 nitrogen and oxygen atoms in total. The summed E-state index contributed by atoms with van der Waals surface area (Å²) in [6.07, 6.45) is 2.00. The van der Waals surface area contributed by atoms with E-state index in [1.54, 1.807) is 0 Å². The number of aliphatic hydroxyl groups excluding tert-OH is 1. The highest BCUT2D eigenvalue weighted by Gasteiger charge is 2.20. The van der Waals surface area contributed by atoms with E-state index in [-0.39, 0.29) is 6.61 Å². The number of likely N-dealkylation sites (tertiary alicyclic amines) is 1. The van der Waals surface area contributed by atoms with E-state index in [4.69, 9.17) is 10.8 Å². The molecule has 0 bridgehead atoms. The summed E-state index contributed by atoms with van der Waals surface area (Å²) in [5.74, 6) is 0.444. The summed E-state index contributed by atoms with van der Waals surface area (Å²) >= 11 is 0. The highest BCUT2D eigenvalue weighted by molar-refractivity contribution is 5.71. The Bertz CT molecular complexity index is 187. The van der Waals surface area contributed by atoms with Gasteiger partial charge >= 0.3 is 6.03 Å². The Morgan fingerprint density at radius 2 is 2.43 bits per heavy atom. The molecule has 1 fully saturated rings. The fraction of sp³-hybridized carbons (Fsp3) is 0.889. The maximum absolute atomic E-state index is 10.4. The van der Waals surface area contributed by atoms with Gasteiger partial charge in [0.25, 0.3) is 0 Å². The van der Waals surface area contributed by atoms with Crippen molar-refractivity contribution >= 4 is 6.03 Å². The number of primary amides is 1. The van der Waals surface area contributed by atoms with Crippen LogP contribution < -0.4 is 11.1 Å². The number of nitrogens with zero attached hydrogens (tertiary/aromatic N) is 1. The first-order chi connectivity index (χ1) is 6.72. The molecule has 5 heteroatoms. The molecule has 0 saturated carbocycles. The van der Waals surface area contributed by atoms with Crippen molar-refractivity contribution in [3.05, 3.63) is 0 Å². The Morgan fingerprint density at radius 3 is 3.00 bits per heavy atom. The van der Waals surface area contributed by atoms with E-state index in [1.807, 2.05) is 0 Å². The lowest BCUT2D eigenvalue weighted by molar-refractivity contribution is 0.221. The second-order valence-corrected chi connectivity index (χ2v) is 3.78. The van der Waals surface area contributed by atoms with Crippen molar-refractivity contribution in [3.8, 4) is 0 Å². The quantitative estimate of drug-likeness (QED) is 0.518. The number of nitrogens with one attached hydrogen (secondary N) is 1. The van der Waals surface area contributed by atoms with Gasteiger partial charge in [-0.05, 0) is 31.8 Å². The van der Waals surface area contributed by atoms with Gasteiger partial charge < -0.3 is 21.1 Å². The molecule has 4 N–H and O–H groups in total. The summed E-state index contributed by atoms with van der Waals surface area (Å²) in [4.78, 5) is 12.7. The molecule has 1 rings (SSSR count). The minimum atomic E-state index is -0.459. The Balaban J connectivity index is 2.00. The summed E-state index contributed by atoms with van der Waals surface area (Å²) in [5, 5.41) is 11.5. The van der Waals surface area contributed by atoms with E-state index in [1.165, 1.54) is 0 Å². The predicted octanol–water partition coefficient (Wildman–Crippen LogP) is -0.641. The van der Waals surface area contributed by atoms with Crippen LogP contribution in [0.25, 0.3) is 0 Å². The van der Waals surface area contributed by atoms with E-state index in [0.717, 1.165) is 32.5 Å². The molecular weight excluding hydrogens is 182 g/mol. The first kappa shape index (κ1) is 11.3. The van der Waals surface area contributed by atoms with E-state index >= 15 is 0 Å². The lowest BCUT2D eigenvalue weighted by Crippen LogP contribution is -2.32. The van der Waals surface area contributed by atoms with Crippen LogP contribution in [0.1, 0.15) is 12.8 Å². The molecule has 1 atom stereocenters. The number of amides is 2. The fourth-order valence-electron chi connectivity index (χ4n) is 1.78. The van der Waals surface area contributed by atoms with E-state index in [2.05, 4.69) is 10.2 Å². The maximum Gasteiger partial charge on any atom is 0.312 e. The Kier molecular flexibility index (Phi) is 4.69. The summed E-state index contributed by atoms with van der Waals surface area (Å²) < 4.78 is 0. The van der Waals surface area contributed by atoms with Crippen molar-refractivity contribution in [2.45, 2.75) is 12.8 Å². The maximum atomic E-state index is 10.4. The van der Waals surface area contributed by atoms with Crippen LogP contribution in [0, 0.1) is 5.92 Å². The monoisotopic (exact) mass is 201 g/mol. The number of aliphatic hydroxyl groups is 1. The number of urea groups is 1. The SMILES string of the molecule is NC(=O)NCCCN1CCC(CO)C1. The molecule has 1 unspecified atom stereocenters. The number of hydrogen-bond donors (Lipinski definition) is 3. The van der Waals surface area contributed by atoms with Gasteiger partial charge in [-0.3, -0.25) is 0 Å². The molecule has 0 aromatic heterocycles. The smallest absolute Gasteiger partial charge is 0.312 e. The third kappa shape index (κ3) is 3.93. The molecule has 82 valence electrons. The van der Waals surface area contributed by atoms with E-state index in [0.29, 0.717) is 12.5 Å². The van der Waals surface area contributed by atoms with Crippen molar-refractivity contribution < 1.29 is 9.90 Å². The van der Waals surface area contributed by atoms with Gasteiger partial charge in [-0.15, -0.1) is 0 Å². The molecule has 0 aliphatic carbocycles. The van der Waals surface area contributed by atoms with Gasteiger partial charge in [0, 0.05) is 19.7 Å². The third-order valence-electron chi connectivity index (χ3n) is 2.58. The van der Waals surface area contributed by atoms with Gasteiger partial charge in [0.05, 0.1) is 0 Å². The summed E-state index contributed by atoms with van der Waals surface area (Å²) in [6, 6.07) is -0.459. The molecule has 0 radical (unpaired) electrons. The molecule has 0 aromatic carbocycles. The highest BCUT2D eigenvalue weighted by atomic mass is 16.3. The van der Waals surface area contributed by atoms with Gasteiger partial charge in [-0.2, -0.15) is 0 Å². The molecule has 0 aromatic rings. The minimum Gasteiger partial charge on any atom is -0.396 e. The molecule has 1 saturated heterocycles. The van der Waals surface area contributed by atoms with Crippen LogP contribution in [-0.2, 0) is 0 Å². The van der Waals surface area contributed by atoms with Gasteiger partial charge in [-0.1, -0.05) is 0 Å². The zero-order chi connectivity index (χ0) is 10.4. The van der Waals surface area contributed by atoms with E-state index < -0.39 is 6.03 Å². The molecule has 1 heterocycles. The molecule has 1 aliphatic heterocycles. The minimum absolute atomic E-state index is 0.288. The number of carbonyl (C=O) groups is 1. The number of carbonyl (C=O) groups excluding carboxylic acids is 1. The topological polar surface area (TPSA) is 78.6 Å². The van der Waals surface area contributed by atoms with Crippen LogP contribution in [0.3, 0.4) is 0 Å². The molecule has 14 heavy (non-hydrogen) atoms. The Labute approximate surface area is 84.3 Å². The number of nitrogens with two attached hydrogens (primary N) is 1. The molecule has 2 amide bonds. The van der Waals surface area contributed by atoms with Crippen LogP contribution >= 0.6 is 0 Å². The van der Waals surface area contributed by atoms with Crippen LogP contribution in [0.15, 0.2) is 0 Å². The van der Waals surface area contributed by atoms with Crippen LogP contribution in [-0.4, -0.2) is 48.8 Å². The van der Waals surface area contributed by atoms with Crippen molar-refractivity contribution in [1.29, 1.82) is 0 Å². The van der Waals surface area contributed by atoms with Crippen LogP contribution in [0.4, 0.5) is 4.79 Å². The average Bonchev–Trinajstić information content (AvgIpc) is 2.60. The van der Waals surface area contributed by atoms with Crippen molar-refractivity contribution in [3.63, 3.8) is 0 Å². The lowest BCUT2D eigenvalue weighted by Gasteiger charge is -2.14. The summed E-state index contributed by atoms with van der Waals surface area (Å²) in [7, 11) is 0. The first-order valence-corrected chi connectivity index (χ1v) is 5.09. The summed E-state index contributed by atoms with van der Waals surface area (Å²) in [6.45, 7) is 3.93. The largest absolute Gasteiger partial charge is 0.396 e. The molecular formula is C9H19N3O2. The Morgan fingerprint density at radius 1 is 1.64 bits per heavy atom. The molecule has 0 spiro atoms. The standard InChI is InChI=1S/C9H19N3O2/c10-9(14)11-3-1-4-12-5-2-8(6-12)7-13/h8,13H,1-7H2,(H3,10,11,14). The Hall–Kier alpha value is -0.810. The molecule has 1 aliphatic rings. The third-order valence-corrected chi connectivity index (χ3v) is 2.58. The number of rotatable bonds is 5. The first-order valence-electron chi connectivity index (χ1n) is 5.09. The van der Waals surface area contributed by atoms with Gasteiger partial charge in [-0.25, -0.2) is 4.79 Å². The van der Waals surface area contributed by atoms with Crippen LogP contribution in [0.5, 0.6) is 0 Å². The highest BCUT2D eigenvalue weighted by Crippen LogP contribution is 2.14. The lowest BCUT2D eigenvalue weighted by atomic mass is 10.1. The summed E-state index contributed by atoms with van der Waals surface area (Å²) in [5.41, 5.74) is 4.93. The average molecular weight is 201 g/mol.